The molecule has 3 aliphatic rings. The number of fused-ring (bicyclic) bond motifs is 2. The molecule has 2 amide bonds. The van der Waals surface area contributed by atoms with E-state index in [-0.39, 0.29) is 7.46 Å². The number of amides is 2. The SMILES string of the molecule is Cc1ccc(NC(=O)N2C3CC(C)CC2C3)cc1N1C=C(C#N)NN1.[HH]. The molecule has 2 atom stereocenters. The van der Waals surface area contributed by atoms with E-state index in [2.05, 4.69) is 29.3 Å². The van der Waals surface area contributed by atoms with Crippen LogP contribution in [0.1, 0.15) is 33.2 Å². The minimum atomic E-state index is -0.0104. The number of allylic oxidation sites excluding steroid dienone is 1. The second-order valence-corrected chi connectivity index (χ2v) is 7.22. The summed E-state index contributed by atoms with van der Waals surface area (Å²) in [6, 6.07) is 8.62. The zero-order chi connectivity index (χ0) is 17.6. The molecule has 25 heavy (non-hydrogen) atoms. The number of anilines is 2. The predicted molar refractivity (Wildman–Crippen MR) is 97.2 cm³/mol. The lowest BCUT2D eigenvalue weighted by Crippen LogP contribution is -2.63. The Balaban J connectivity index is 0.00000196. The summed E-state index contributed by atoms with van der Waals surface area (Å²) in [6.07, 6.45) is 5.04. The number of rotatable bonds is 2. The van der Waals surface area contributed by atoms with Crippen LogP contribution in [0.25, 0.3) is 0 Å². The number of aryl methyl sites for hydroxylation is 1. The van der Waals surface area contributed by atoms with Crippen molar-refractivity contribution < 1.29 is 6.22 Å². The molecule has 0 spiro atoms. The number of urea groups is 1. The second-order valence-electron chi connectivity index (χ2n) is 7.22. The molecule has 7 heteroatoms. The number of benzene rings is 1. The van der Waals surface area contributed by atoms with Crippen molar-refractivity contribution in [2.24, 2.45) is 5.92 Å². The monoisotopic (exact) mass is 340 g/mol. The summed E-state index contributed by atoms with van der Waals surface area (Å²) in [4.78, 5) is 14.7. The molecule has 0 aromatic heterocycles. The van der Waals surface area contributed by atoms with Crippen LogP contribution in [0.5, 0.6) is 0 Å². The summed E-state index contributed by atoms with van der Waals surface area (Å²) in [5.74, 6) is 0.716. The van der Waals surface area contributed by atoms with Crippen molar-refractivity contribution in [2.45, 2.75) is 45.2 Å². The molecule has 1 aromatic carbocycles. The van der Waals surface area contributed by atoms with Crippen molar-refractivity contribution in [3.05, 3.63) is 35.7 Å². The Bertz CT molecular complexity index is 776. The molecular weight excluding hydrogens is 316 g/mol. The Labute approximate surface area is 148 Å². The smallest absolute Gasteiger partial charge is 0.318 e. The van der Waals surface area contributed by atoms with E-state index in [0.29, 0.717) is 23.7 Å². The Hall–Kier alpha value is -2.72. The molecule has 2 bridgehead atoms. The van der Waals surface area contributed by atoms with Crippen LogP contribution >= 0.6 is 0 Å². The average Bonchev–Trinajstić information content (AvgIpc) is 3.05. The van der Waals surface area contributed by atoms with Gasteiger partial charge in [-0.15, -0.1) is 5.53 Å². The highest BCUT2D eigenvalue weighted by molar-refractivity contribution is 5.91. The summed E-state index contributed by atoms with van der Waals surface area (Å²) < 4.78 is 0. The van der Waals surface area contributed by atoms with Gasteiger partial charge in [0.15, 0.2) is 0 Å². The van der Waals surface area contributed by atoms with Gasteiger partial charge in [-0.2, -0.15) is 5.26 Å². The quantitative estimate of drug-likeness (QED) is 0.771. The van der Waals surface area contributed by atoms with E-state index in [4.69, 9.17) is 5.26 Å². The van der Waals surface area contributed by atoms with Gasteiger partial charge in [0.25, 0.3) is 0 Å². The lowest BCUT2D eigenvalue weighted by atomic mass is 9.74. The van der Waals surface area contributed by atoms with Crippen LogP contribution in [-0.4, -0.2) is 23.0 Å². The van der Waals surface area contributed by atoms with Gasteiger partial charge in [0.1, 0.15) is 11.8 Å². The highest BCUT2D eigenvalue weighted by atomic mass is 16.2. The van der Waals surface area contributed by atoms with Crippen molar-refractivity contribution >= 4 is 17.4 Å². The number of carbonyl (C=O) groups is 1. The maximum atomic E-state index is 12.6. The van der Waals surface area contributed by atoms with E-state index in [1.807, 2.05) is 30.0 Å². The molecule has 0 radical (unpaired) electrons. The Morgan fingerprint density at radius 3 is 2.80 bits per heavy atom. The van der Waals surface area contributed by atoms with Crippen molar-refractivity contribution in [1.29, 1.82) is 5.26 Å². The molecule has 3 heterocycles. The number of hydrogen-bond acceptors (Lipinski definition) is 5. The van der Waals surface area contributed by atoms with Gasteiger partial charge in [-0.3, -0.25) is 10.4 Å². The molecule has 2 fully saturated rings. The molecule has 3 aliphatic heterocycles. The third kappa shape index (κ3) is 2.79. The largest absolute Gasteiger partial charge is 0.322 e. The summed E-state index contributed by atoms with van der Waals surface area (Å²) >= 11 is 0. The normalized spacial score (nSPS) is 27.1. The van der Waals surface area contributed by atoms with Crippen LogP contribution in [0, 0.1) is 24.2 Å². The standard InChI is InChI=1S/C18H22N6O.H2/c1-11-5-15-8-16(6-11)24(15)18(25)20-13-4-3-12(2)17(7-13)23-10-14(9-19)21-22-23;/h3-4,7,10-11,15-16,21-22H,5-6,8H2,1-2H3,(H,20,25);1H. The average molecular weight is 340 g/mol. The Morgan fingerprint density at radius 2 is 2.12 bits per heavy atom. The number of hydrogen-bond donors (Lipinski definition) is 3. The summed E-state index contributed by atoms with van der Waals surface area (Å²) in [7, 11) is 0. The van der Waals surface area contributed by atoms with Crippen LogP contribution in [0.2, 0.25) is 0 Å². The minimum absolute atomic E-state index is 0. The highest BCUT2D eigenvalue weighted by Gasteiger charge is 2.46. The fourth-order valence-electron chi connectivity index (χ4n) is 4.11. The Morgan fingerprint density at radius 1 is 1.36 bits per heavy atom. The minimum Gasteiger partial charge on any atom is -0.318 e. The van der Waals surface area contributed by atoms with E-state index >= 15 is 0 Å². The fourth-order valence-corrected chi connectivity index (χ4v) is 4.11. The van der Waals surface area contributed by atoms with Gasteiger partial charge in [-0.25, -0.2) is 4.79 Å². The Kier molecular flexibility index (Phi) is 3.77. The van der Waals surface area contributed by atoms with Crippen molar-refractivity contribution in [3.8, 4) is 6.07 Å². The lowest BCUT2D eigenvalue weighted by Gasteiger charge is -2.54. The van der Waals surface area contributed by atoms with E-state index in [9.17, 15) is 4.79 Å². The predicted octanol–water partition coefficient (Wildman–Crippen LogP) is 2.84. The molecule has 3 N–H and O–H groups in total. The number of carbonyl (C=O) groups excluding carboxylic acids is 1. The summed E-state index contributed by atoms with van der Waals surface area (Å²) in [5.41, 5.74) is 8.83. The van der Waals surface area contributed by atoms with Gasteiger partial charge < -0.3 is 10.2 Å². The number of hydrazine groups is 2. The van der Waals surface area contributed by atoms with Gasteiger partial charge in [0, 0.05) is 19.2 Å². The van der Waals surface area contributed by atoms with Crippen LogP contribution in [0.3, 0.4) is 0 Å². The first-order valence-electron chi connectivity index (χ1n) is 8.68. The van der Waals surface area contributed by atoms with Crippen LogP contribution < -0.4 is 21.3 Å². The van der Waals surface area contributed by atoms with E-state index in [1.165, 1.54) is 0 Å². The maximum Gasteiger partial charge on any atom is 0.322 e. The van der Waals surface area contributed by atoms with Crippen LogP contribution in [-0.2, 0) is 0 Å². The molecular formula is C18H24N6O. The first kappa shape index (κ1) is 15.8. The maximum absolute atomic E-state index is 12.6. The molecule has 2 saturated heterocycles. The molecule has 0 aliphatic carbocycles. The lowest BCUT2D eigenvalue weighted by molar-refractivity contribution is -0.00600. The summed E-state index contributed by atoms with van der Waals surface area (Å²) in [6.45, 7) is 4.25. The van der Waals surface area contributed by atoms with Crippen molar-refractivity contribution in [3.63, 3.8) is 0 Å². The number of nitrogens with one attached hydrogen (secondary N) is 3. The number of nitrogens with zero attached hydrogens (tertiary/aromatic N) is 3. The zero-order valence-electron chi connectivity index (χ0n) is 14.4. The molecule has 2 unspecified atom stereocenters. The molecule has 132 valence electrons. The number of piperidine rings is 1. The van der Waals surface area contributed by atoms with Crippen molar-refractivity contribution in [2.75, 3.05) is 10.3 Å². The topological polar surface area (TPSA) is 83.4 Å². The van der Waals surface area contributed by atoms with E-state index in [0.717, 1.165) is 36.2 Å². The van der Waals surface area contributed by atoms with Crippen LogP contribution in [0.4, 0.5) is 16.2 Å². The van der Waals surface area contributed by atoms with Crippen molar-refractivity contribution in [1.82, 2.24) is 15.9 Å². The van der Waals surface area contributed by atoms with Gasteiger partial charge >= 0.3 is 6.03 Å². The second kappa shape index (κ2) is 5.97. The molecule has 7 nitrogen and oxygen atoms in total. The third-order valence-corrected chi connectivity index (χ3v) is 5.32. The fraction of sp³-hybridized carbons (Fsp3) is 0.444. The first-order valence-corrected chi connectivity index (χ1v) is 8.68. The molecule has 0 saturated carbocycles. The van der Waals surface area contributed by atoms with Crippen LogP contribution in [0.15, 0.2) is 30.1 Å². The van der Waals surface area contributed by atoms with Gasteiger partial charge in [-0.1, -0.05) is 13.0 Å². The van der Waals surface area contributed by atoms with Gasteiger partial charge in [-0.05, 0) is 49.8 Å². The van der Waals surface area contributed by atoms with E-state index in [1.54, 1.807) is 11.2 Å². The molecule has 4 rings (SSSR count). The zero-order valence-corrected chi connectivity index (χ0v) is 14.4. The molecule has 1 aromatic rings. The summed E-state index contributed by atoms with van der Waals surface area (Å²) in [5, 5.41) is 13.7. The first-order chi connectivity index (χ1) is 12.0. The van der Waals surface area contributed by atoms with Gasteiger partial charge in [0.2, 0.25) is 0 Å². The highest BCUT2D eigenvalue weighted by Crippen LogP contribution is 2.41. The van der Waals surface area contributed by atoms with Gasteiger partial charge in [0.05, 0.1) is 11.9 Å². The number of nitriles is 1. The van der Waals surface area contributed by atoms with E-state index < -0.39 is 0 Å². The third-order valence-electron chi connectivity index (χ3n) is 5.32.